The number of carbonyl (C=O) groups excluding carboxylic acids is 1. The lowest BCUT2D eigenvalue weighted by Gasteiger charge is -2.39. The van der Waals surface area contributed by atoms with E-state index in [0.29, 0.717) is 6.04 Å². The van der Waals surface area contributed by atoms with Crippen LogP contribution in [-0.4, -0.2) is 31.0 Å². The van der Waals surface area contributed by atoms with Crippen molar-refractivity contribution in [3.8, 4) is 5.75 Å². The quantitative estimate of drug-likeness (QED) is 0.791. The fraction of sp³-hybridized carbons (Fsp3) is 0.318. The van der Waals surface area contributed by atoms with Crippen LogP contribution in [0, 0.1) is 5.92 Å². The Balaban J connectivity index is 1.66. The third-order valence-electron chi connectivity index (χ3n) is 4.96. The molecule has 2 aromatic carbocycles. The summed E-state index contributed by atoms with van der Waals surface area (Å²) in [5, 5.41) is 3.03. The summed E-state index contributed by atoms with van der Waals surface area (Å²) in [7, 11) is 1.63. The summed E-state index contributed by atoms with van der Waals surface area (Å²) in [6, 6.07) is 18.3. The minimum absolute atomic E-state index is 0.0167. The van der Waals surface area contributed by atoms with Gasteiger partial charge in [0.1, 0.15) is 5.75 Å². The minimum Gasteiger partial charge on any atom is -0.497 e. The normalized spacial score (nSPS) is 20.3. The Kier molecular flexibility index (Phi) is 6.08. The first kappa shape index (κ1) is 18.2. The van der Waals surface area contributed by atoms with Gasteiger partial charge in [0.05, 0.1) is 13.0 Å². The number of likely N-dealkylation sites (tertiary alicyclic amines) is 1. The molecule has 1 heterocycles. The van der Waals surface area contributed by atoms with Gasteiger partial charge in [-0.2, -0.15) is 0 Å². The highest BCUT2D eigenvalue weighted by molar-refractivity contribution is 5.92. The van der Waals surface area contributed by atoms with E-state index < -0.39 is 0 Å². The van der Waals surface area contributed by atoms with Crippen molar-refractivity contribution >= 4 is 11.6 Å². The molecule has 0 aliphatic carbocycles. The van der Waals surface area contributed by atoms with Gasteiger partial charge in [-0.3, -0.25) is 9.69 Å². The molecule has 136 valence electrons. The predicted molar refractivity (Wildman–Crippen MR) is 105 cm³/mol. The van der Waals surface area contributed by atoms with Gasteiger partial charge in [-0.15, -0.1) is 6.58 Å². The topological polar surface area (TPSA) is 41.6 Å². The zero-order valence-electron chi connectivity index (χ0n) is 15.2. The van der Waals surface area contributed by atoms with Gasteiger partial charge in [-0.1, -0.05) is 36.4 Å². The zero-order chi connectivity index (χ0) is 18.4. The van der Waals surface area contributed by atoms with Crippen LogP contribution in [0.1, 0.15) is 24.4 Å². The Bertz CT molecular complexity index is 728. The van der Waals surface area contributed by atoms with E-state index in [-0.39, 0.29) is 11.8 Å². The summed E-state index contributed by atoms with van der Waals surface area (Å²) in [5.41, 5.74) is 2.11. The lowest BCUT2D eigenvalue weighted by Crippen LogP contribution is -2.42. The fourth-order valence-corrected chi connectivity index (χ4v) is 3.60. The smallest absolute Gasteiger partial charge is 0.228 e. The molecular weight excluding hydrogens is 324 g/mol. The second-order valence-corrected chi connectivity index (χ2v) is 6.66. The zero-order valence-corrected chi connectivity index (χ0v) is 15.2. The van der Waals surface area contributed by atoms with E-state index in [9.17, 15) is 4.79 Å². The number of rotatable bonds is 6. The van der Waals surface area contributed by atoms with Gasteiger partial charge in [-0.25, -0.2) is 0 Å². The molecule has 4 nitrogen and oxygen atoms in total. The third kappa shape index (κ3) is 4.33. The van der Waals surface area contributed by atoms with Gasteiger partial charge >= 0.3 is 0 Å². The molecule has 1 amide bonds. The number of methoxy groups -OCH3 is 1. The first-order valence-electron chi connectivity index (χ1n) is 9.06. The van der Waals surface area contributed by atoms with Crippen LogP contribution in [-0.2, 0) is 4.79 Å². The molecule has 0 spiro atoms. The number of ether oxygens (including phenoxy) is 1. The maximum Gasteiger partial charge on any atom is 0.228 e. The maximum atomic E-state index is 12.7. The number of amides is 1. The Morgan fingerprint density at radius 1 is 1.19 bits per heavy atom. The van der Waals surface area contributed by atoms with E-state index in [1.165, 1.54) is 5.56 Å². The van der Waals surface area contributed by atoms with Crippen molar-refractivity contribution in [3.63, 3.8) is 0 Å². The van der Waals surface area contributed by atoms with Crippen LogP contribution in [0.3, 0.4) is 0 Å². The van der Waals surface area contributed by atoms with E-state index >= 15 is 0 Å². The minimum atomic E-state index is -0.0167. The maximum absolute atomic E-state index is 12.7. The van der Waals surface area contributed by atoms with E-state index in [1.54, 1.807) is 7.11 Å². The second-order valence-electron chi connectivity index (χ2n) is 6.66. The van der Waals surface area contributed by atoms with Crippen LogP contribution >= 0.6 is 0 Å². The van der Waals surface area contributed by atoms with Crippen molar-refractivity contribution < 1.29 is 9.53 Å². The van der Waals surface area contributed by atoms with Crippen LogP contribution in [0.5, 0.6) is 5.75 Å². The number of anilines is 1. The molecule has 0 aromatic heterocycles. The number of hydrogen-bond acceptors (Lipinski definition) is 3. The fourth-order valence-electron chi connectivity index (χ4n) is 3.60. The summed E-state index contributed by atoms with van der Waals surface area (Å²) in [5.74, 6) is 0.844. The van der Waals surface area contributed by atoms with E-state index in [4.69, 9.17) is 4.74 Å². The third-order valence-corrected chi connectivity index (χ3v) is 4.96. The lowest BCUT2D eigenvalue weighted by atomic mass is 9.88. The van der Waals surface area contributed by atoms with Crippen LogP contribution in [0.2, 0.25) is 0 Å². The number of carbonyl (C=O) groups is 1. The molecular formula is C22H26N2O2. The molecule has 0 saturated carbocycles. The van der Waals surface area contributed by atoms with Crippen LogP contribution < -0.4 is 10.1 Å². The lowest BCUT2D eigenvalue weighted by molar-refractivity contribution is -0.122. The summed E-state index contributed by atoms with van der Waals surface area (Å²) in [4.78, 5) is 15.1. The van der Waals surface area contributed by atoms with Gasteiger partial charge in [0, 0.05) is 24.8 Å². The molecule has 1 saturated heterocycles. The first-order chi connectivity index (χ1) is 12.7. The van der Waals surface area contributed by atoms with Crippen LogP contribution in [0.15, 0.2) is 67.3 Å². The molecule has 1 aliphatic heterocycles. The monoisotopic (exact) mass is 350 g/mol. The molecule has 0 unspecified atom stereocenters. The Hall–Kier alpha value is -2.59. The Labute approximate surface area is 155 Å². The van der Waals surface area contributed by atoms with Crippen molar-refractivity contribution in [2.75, 3.05) is 25.5 Å². The number of nitrogens with zero attached hydrogens (tertiary/aromatic N) is 1. The van der Waals surface area contributed by atoms with Gasteiger partial charge < -0.3 is 10.1 Å². The number of piperidine rings is 1. The Morgan fingerprint density at radius 3 is 2.58 bits per heavy atom. The van der Waals surface area contributed by atoms with Crippen LogP contribution in [0.25, 0.3) is 0 Å². The largest absolute Gasteiger partial charge is 0.497 e. The molecule has 2 aromatic rings. The average Bonchev–Trinajstić information content (AvgIpc) is 2.69. The molecule has 0 radical (unpaired) electrons. The molecule has 4 heteroatoms. The highest BCUT2D eigenvalue weighted by Gasteiger charge is 2.32. The van der Waals surface area contributed by atoms with Crippen molar-refractivity contribution in [3.05, 3.63) is 72.8 Å². The molecule has 2 atom stereocenters. The SMILES string of the molecule is C=CCN1C[C@H](C(=O)Nc2ccc(OC)cc2)CC[C@H]1c1ccccc1. The number of benzene rings is 2. The summed E-state index contributed by atoms with van der Waals surface area (Å²) >= 11 is 0. The highest BCUT2D eigenvalue weighted by Crippen LogP contribution is 2.33. The van der Waals surface area contributed by atoms with Gasteiger partial charge in [0.25, 0.3) is 0 Å². The molecule has 26 heavy (non-hydrogen) atoms. The van der Waals surface area contributed by atoms with Gasteiger partial charge in [-0.05, 0) is 42.7 Å². The second kappa shape index (κ2) is 8.68. The molecule has 3 rings (SSSR count). The highest BCUT2D eigenvalue weighted by atomic mass is 16.5. The van der Waals surface area contributed by atoms with E-state index in [1.807, 2.05) is 36.4 Å². The van der Waals surface area contributed by atoms with E-state index in [2.05, 4.69) is 41.1 Å². The predicted octanol–water partition coefficient (Wildman–Crippen LogP) is 4.27. The molecule has 1 aliphatic rings. The average molecular weight is 350 g/mol. The summed E-state index contributed by atoms with van der Waals surface area (Å²) in [6.45, 7) is 5.41. The van der Waals surface area contributed by atoms with E-state index in [0.717, 1.165) is 37.4 Å². The van der Waals surface area contributed by atoms with Gasteiger partial charge in [0.2, 0.25) is 5.91 Å². The summed E-state index contributed by atoms with van der Waals surface area (Å²) in [6.07, 6.45) is 3.77. The van der Waals surface area contributed by atoms with Crippen molar-refractivity contribution in [2.45, 2.75) is 18.9 Å². The van der Waals surface area contributed by atoms with Crippen molar-refractivity contribution in [1.82, 2.24) is 4.90 Å². The summed E-state index contributed by atoms with van der Waals surface area (Å²) < 4.78 is 5.16. The van der Waals surface area contributed by atoms with Crippen molar-refractivity contribution in [2.24, 2.45) is 5.92 Å². The van der Waals surface area contributed by atoms with Crippen molar-refractivity contribution in [1.29, 1.82) is 0 Å². The molecule has 1 fully saturated rings. The Morgan fingerprint density at radius 2 is 1.92 bits per heavy atom. The molecule has 0 bridgehead atoms. The van der Waals surface area contributed by atoms with Gasteiger partial charge in [0.15, 0.2) is 0 Å². The van der Waals surface area contributed by atoms with Crippen LogP contribution in [0.4, 0.5) is 5.69 Å². The number of hydrogen-bond donors (Lipinski definition) is 1. The first-order valence-corrected chi connectivity index (χ1v) is 9.06. The molecule has 1 N–H and O–H groups in total. The number of nitrogens with one attached hydrogen (secondary N) is 1. The standard InChI is InChI=1S/C22H26N2O2/c1-3-15-24-16-18(9-14-21(24)17-7-5-4-6-8-17)22(25)23-19-10-12-20(26-2)13-11-19/h3-8,10-13,18,21H,1,9,14-16H2,2H3,(H,23,25)/t18-,21+/m1/s1.